The van der Waals surface area contributed by atoms with Gasteiger partial charge in [0.15, 0.2) is 11.8 Å². The minimum atomic E-state index is -0.584. The van der Waals surface area contributed by atoms with E-state index < -0.39 is 11.6 Å². The van der Waals surface area contributed by atoms with Crippen LogP contribution in [0.5, 0.6) is 0 Å². The average Bonchev–Trinajstić information content (AvgIpc) is 3.24. The molecule has 1 aromatic carbocycles. The predicted molar refractivity (Wildman–Crippen MR) is 100 cm³/mol. The quantitative estimate of drug-likeness (QED) is 0.621. The van der Waals surface area contributed by atoms with Crippen LogP contribution >= 0.6 is 0 Å². The number of nitrogens with one attached hydrogen (secondary N) is 2. The molecule has 1 aliphatic carbocycles. The van der Waals surface area contributed by atoms with E-state index in [1.807, 2.05) is 25.5 Å². The van der Waals surface area contributed by atoms with Crippen LogP contribution in [0.4, 0.5) is 8.78 Å². The number of hydrogen-bond acceptors (Lipinski definition) is 3. The number of aliphatic imine (C=N–C) groups is 1. The smallest absolute Gasteiger partial charge is 0.192 e. The highest BCUT2D eigenvalue weighted by molar-refractivity contribution is 5.80. The maximum Gasteiger partial charge on any atom is 0.192 e. The molecule has 6 nitrogen and oxygen atoms in total. The topological polar surface area (TPSA) is 67.1 Å². The Kier molecular flexibility index (Phi) is 6.03. The van der Waals surface area contributed by atoms with Crippen LogP contribution in [0.15, 0.2) is 23.2 Å². The molecule has 1 aromatic heterocycles. The van der Waals surface area contributed by atoms with Crippen LogP contribution in [-0.2, 0) is 13.6 Å². The summed E-state index contributed by atoms with van der Waals surface area (Å²) in [5.41, 5.74) is 0.395. The second kappa shape index (κ2) is 8.45. The summed E-state index contributed by atoms with van der Waals surface area (Å²) in [6.45, 7) is 4.07. The molecule has 8 heteroatoms. The van der Waals surface area contributed by atoms with E-state index in [-0.39, 0.29) is 6.04 Å². The fraction of sp³-hybridized carbons (Fsp3) is 0.526. The zero-order valence-corrected chi connectivity index (χ0v) is 16.0. The summed E-state index contributed by atoms with van der Waals surface area (Å²) in [7, 11) is 1.90. The molecule has 1 heterocycles. The monoisotopic (exact) mass is 376 g/mol. The number of benzene rings is 1. The first kappa shape index (κ1) is 19.3. The molecule has 1 unspecified atom stereocenters. The fourth-order valence-electron chi connectivity index (χ4n) is 3.27. The van der Waals surface area contributed by atoms with Gasteiger partial charge in [0.05, 0.1) is 6.04 Å². The number of guanidine groups is 1. The normalized spacial score (nSPS) is 16.6. The van der Waals surface area contributed by atoms with E-state index in [1.165, 1.54) is 25.0 Å². The number of nitrogens with zero attached hydrogens (tertiary/aromatic N) is 4. The first-order valence-corrected chi connectivity index (χ1v) is 9.31. The second-order valence-corrected chi connectivity index (χ2v) is 7.04. The Labute approximate surface area is 158 Å². The van der Waals surface area contributed by atoms with Crippen LogP contribution in [0.2, 0.25) is 0 Å². The highest BCUT2D eigenvalue weighted by Crippen LogP contribution is 2.19. The Morgan fingerprint density at radius 3 is 2.67 bits per heavy atom. The van der Waals surface area contributed by atoms with Gasteiger partial charge < -0.3 is 15.2 Å². The standard InChI is InChI=1S/C19H26F2N6/c1-12(16-9-8-14(20)10-17(16)21)23-19(24-15-6-4-5-7-15)22-11-18-26-25-13(2)27(18)3/h8-10,12,15H,4-7,11H2,1-3H3,(H2,22,23,24). The van der Waals surface area contributed by atoms with Crippen LogP contribution in [0.3, 0.4) is 0 Å². The molecule has 1 aliphatic rings. The third-order valence-electron chi connectivity index (χ3n) is 5.04. The Hall–Kier alpha value is -2.51. The van der Waals surface area contributed by atoms with Crippen LogP contribution in [0.25, 0.3) is 0 Å². The number of rotatable bonds is 5. The minimum Gasteiger partial charge on any atom is -0.354 e. The Morgan fingerprint density at radius 2 is 2.04 bits per heavy atom. The van der Waals surface area contributed by atoms with E-state index in [2.05, 4.69) is 25.8 Å². The largest absolute Gasteiger partial charge is 0.354 e. The van der Waals surface area contributed by atoms with Crippen molar-refractivity contribution in [2.45, 2.75) is 58.2 Å². The molecule has 2 aromatic rings. The summed E-state index contributed by atoms with van der Waals surface area (Å²) in [5.74, 6) is 1.01. The van der Waals surface area contributed by atoms with E-state index in [9.17, 15) is 8.78 Å². The molecule has 0 spiro atoms. The van der Waals surface area contributed by atoms with Gasteiger partial charge in [0.25, 0.3) is 0 Å². The zero-order chi connectivity index (χ0) is 19.4. The van der Waals surface area contributed by atoms with E-state index in [0.717, 1.165) is 30.6 Å². The molecule has 146 valence electrons. The third-order valence-corrected chi connectivity index (χ3v) is 5.04. The number of hydrogen-bond donors (Lipinski definition) is 2. The number of aryl methyl sites for hydroxylation is 1. The van der Waals surface area contributed by atoms with Crippen LogP contribution in [-0.4, -0.2) is 26.8 Å². The van der Waals surface area contributed by atoms with E-state index in [1.54, 1.807) is 0 Å². The van der Waals surface area contributed by atoms with Crippen molar-refractivity contribution in [3.05, 3.63) is 47.0 Å². The molecule has 0 saturated heterocycles. The van der Waals surface area contributed by atoms with Gasteiger partial charge in [-0.3, -0.25) is 0 Å². The van der Waals surface area contributed by atoms with Crippen LogP contribution < -0.4 is 10.6 Å². The summed E-state index contributed by atoms with van der Waals surface area (Å²) in [6, 6.07) is 3.61. The molecule has 2 N–H and O–H groups in total. The van der Waals surface area contributed by atoms with Crippen LogP contribution in [0.1, 0.15) is 55.9 Å². The first-order valence-electron chi connectivity index (χ1n) is 9.31. The molecule has 3 rings (SSSR count). The second-order valence-electron chi connectivity index (χ2n) is 7.04. The van der Waals surface area contributed by atoms with Gasteiger partial charge in [0.2, 0.25) is 0 Å². The van der Waals surface area contributed by atoms with E-state index >= 15 is 0 Å². The van der Waals surface area contributed by atoms with Crippen molar-refractivity contribution in [2.75, 3.05) is 0 Å². The van der Waals surface area contributed by atoms with Crippen molar-refractivity contribution in [2.24, 2.45) is 12.0 Å². The van der Waals surface area contributed by atoms with Gasteiger partial charge in [-0.1, -0.05) is 18.9 Å². The molecule has 0 aliphatic heterocycles. The Bertz CT molecular complexity index is 811. The summed E-state index contributed by atoms with van der Waals surface area (Å²) in [5, 5.41) is 14.8. The van der Waals surface area contributed by atoms with Gasteiger partial charge >= 0.3 is 0 Å². The van der Waals surface area contributed by atoms with Crippen molar-refractivity contribution in [1.82, 2.24) is 25.4 Å². The predicted octanol–water partition coefficient (Wildman–Crippen LogP) is 3.14. The van der Waals surface area contributed by atoms with Crippen molar-refractivity contribution in [3.8, 4) is 0 Å². The Balaban J connectivity index is 1.76. The average molecular weight is 376 g/mol. The van der Waals surface area contributed by atoms with Crippen molar-refractivity contribution in [3.63, 3.8) is 0 Å². The summed E-state index contributed by atoms with van der Waals surface area (Å²) in [6.07, 6.45) is 4.55. The maximum atomic E-state index is 14.1. The minimum absolute atomic E-state index is 0.350. The summed E-state index contributed by atoms with van der Waals surface area (Å²) in [4.78, 5) is 4.62. The highest BCUT2D eigenvalue weighted by Gasteiger charge is 2.19. The van der Waals surface area contributed by atoms with E-state index in [0.29, 0.717) is 24.1 Å². The lowest BCUT2D eigenvalue weighted by atomic mass is 10.1. The molecule has 27 heavy (non-hydrogen) atoms. The fourth-order valence-corrected chi connectivity index (χ4v) is 3.27. The molecule has 0 amide bonds. The molecular formula is C19H26F2N6. The number of aromatic nitrogens is 3. The van der Waals surface area contributed by atoms with Crippen molar-refractivity contribution >= 4 is 5.96 Å². The maximum absolute atomic E-state index is 14.1. The lowest BCUT2D eigenvalue weighted by Crippen LogP contribution is -2.43. The van der Waals surface area contributed by atoms with Gasteiger partial charge in [0.1, 0.15) is 24.0 Å². The SMILES string of the molecule is Cc1nnc(CN=C(NC2CCCC2)NC(C)c2ccc(F)cc2F)n1C. The molecule has 1 saturated carbocycles. The van der Waals surface area contributed by atoms with Crippen molar-refractivity contribution < 1.29 is 8.78 Å². The van der Waals surface area contributed by atoms with Gasteiger partial charge in [-0.2, -0.15) is 0 Å². The van der Waals surface area contributed by atoms with Crippen molar-refractivity contribution in [1.29, 1.82) is 0 Å². The molecule has 1 atom stereocenters. The lowest BCUT2D eigenvalue weighted by Gasteiger charge is -2.22. The molecular weight excluding hydrogens is 350 g/mol. The Morgan fingerprint density at radius 1 is 1.30 bits per heavy atom. The van der Waals surface area contributed by atoms with Gasteiger partial charge in [-0.05, 0) is 32.8 Å². The summed E-state index contributed by atoms with van der Waals surface area (Å²) < 4.78 is 29.2. The van der Waals surface area contributed by atoms with Gasteiger partial charge in [0, 0.05) is 24.7 Å². The van der Waals surface area contributed by atoms with E-state index in [4.69, 9.17) is 0 Å². The zero-order valence-electron chi connectivity index (χ0n) is 16.0. The van der Waals surface area contributed by atoms with Gasteiger partial charge in [-0.25, -0.2) is 13.8 Å². The lowest BCUT2D eigenvalue weighted by molar-refractivity contribution is 0.544. The first-order chi connectivity index (χ1) is 12.9. The van der Waals surface area contributed by atoms with Gasteiger partial charge in [-0.15, -0.1) is 10.2 Å². The third kappa shape index (κ3) is 4.81. The molecule has 1 fully saturated rings. The highest BCUT2D eigenvalue weighted by atomic mass is 19.1. The number of halogens is 2. The van der Waals surface area contributed by atoms with Crippen LogP contribution in [0, 0.1) is 18.6 Å². The molecule has 0 bridgehead atoms. The summed E-state index contributed by atoms with van der Waals surface area (Å²) >= 11 is 0. The molecule has 0 radical (unpaired) electrons.